The van der Waals surface area contributed by atoms with E-state index in [2.05, 4.69) is 42.2 Å². The van der Waals surface area contributed by atoms with Gasteiger partial charge < -0.3 is 4.90 Å². The van der Waals surface area contributed by atoms with E-state index in [1.54, 1.807) is 35.4 Å². The van der Waals surface area contributed by atoms with Gasteiger partial charge in [0.15, 0.2) is 5.82 Å². The van der Waals surface area contributed by atoms with Gasteiger partial charge >= 0.3 is 0 Å². The highest BCUT2D eigenvalue weighted by Gasteiger charge is 2.20. The Bertz CT molecular complexity index is 1230. The SMILES string of the molecule is O=c1ccc(-c2ccncc2)nn1CCN1CCN(c2nncc3ccccc23)CC1. The van der Waals surface area contributed by atoms with Crippen LogP contribution in [0.3, 0.4) is 0 Å². The molecule has 1 aliphatic heterocycles. The molecule has 156 valence electrons. The maximum Gasteiger partial charge on any atom is 0.266 e. The van der Waals surface area contributed by atoms with Gasteiger partial charge in [-0.15, -0.1) is 5.10 Å². The molecule has 0 aliphatic carbocycles. The molecule has 0 atom stereocenters. The maximum atomic E-state index is 12.3. The molecule has 0 radical (unpaired) electrons. The summed E-state index contributed by atoms with van der Waals surface area (Å²) in [5.74, 6) is 0.945. The van der Waals surface area contributed by atoms with Crippen molar-refractivity contribution >= 4 is 16.6 Å². The molecule has 5 rings (SSSR count). The average molecular weight is 413 g/mol. The van der Waals surface area contributed by atoms with Crippen LogP contribution >= 0.6 is 0 Å². The van der Waals surface area contributed by atoms with Crippen molar-refractivity contribution in [2.45, 2.75) is 6.54 Å². The van der Waals surface area contributed by atoms with Crippen molar-refractivity contribution in [1.82, 2.24) is 29.9 Å². The molecule has 4 aromatic rings. The Morgan fingerprint density at radius 1 is 0.871 bits per heavy atom. The fourth-order valence-corrected chi connectivity index (χ4v) is 3.95. The predicted molar refractivity (Wildman–Crippen MR) is 120 cm³/mol. The number of aromatic nitrogens is 5. The van der Waals surface area contributed by atoms with E-state index in [-0.39, 0.29) is 5.56 Å². The minimum atomic E-state index is -0.0810. The van der Waals surface area contributed by atoms with Crippen molar-refractivity contribution in [3.8, 4) is 11.3 Å². The van der Waals surface area contributed by atoms with E-state index in [9.17, 15) is 4.79 Å². The molecule has 0 unspecified atom stereocenters. The van der Waals surface area contributed by atoms with Gasteiger partial charge in [0.05, 0.1) is 18.4 Å². The fraction of sp³-hybridized carbons (Fsp3) is 0.261. The Morgan fingerprint density at radius 3 is 2.52 bits per heavy atom. The second-order valence-corrected chi connectivity index (χ2v) is 7.60. The van der Waals surface area contributed by atoms with E-state index in [1.165, 1.54) is 0 Å². The van der Waals surface area contributed by atoms with Crippen LogP contribution in [-0.2, 0) is 6.54 Å². The Hall–Kier alpha value is -3.65. The van der Waals surface area contributed by atoms with E-state index in [0.717, 1.165) is 60.6 Å². The van der Waals surface area contributed by atoms with Gasteiger partial charge in [-0.3, -0.25) is 14.7 Å². The molecule has 8 heteroatoms. The number of pyridine rings is 1. The zero-order valence-corrected chi connectivity index (χ0v) is 17.1. The number of anilines is 1. The zero-order chi connectivity index (χ0) is 21.0. The van der Waals surface area contributed by atoms with Crippen LogP contribution in [0, 0.1) is 0 Å². The lowest BCUT2D eigenvalue weighted by Gasteiger charge is -2.35. The van der Waals surface area contributed by atoms with Gasteiger partial charge in [0.2, 0.25) is 0 Å². The van der Waals surface area contributed by atoms with Crippen LogP contribution in [0.25, 0.3) is 22.0 Å². The van der Waals surface area contributed by atoms with Gasteiger partial charge in [0.1, 0.15) is 0 Å². The predicted octanol–water partition coefficient (Wildman–Crippen LogP) is 2.07. The Kier molecular flexibility index (Phi) is 5.37. The van der Waals surface area contributed by atoms with Gasteiger partial charge in [-0.25, -0.2) is 4.68 Å². The molecule has 4 heterocycles. The lowest BCUT2D eigenvalue weighted by Crippen LogP contribution is -2.48. The maximum absolute atomic E-state index is 12.3. The highest BCUT2D eigenvalue weighted by Crippen LogP contribution is 2.24. The first-order chi connectivity index (χ1) is 15.3. The van der Waals surface area contributed by atoms with Crippen LogP contribution in [0.5, 0.6) is 0 Å². The summed E-state index contributed by atoms with van der Waals surface area (Å²) in [7, 11) is 0. The van der Waals surface area contributed by atoms with Gasteiger partial charge in [-0.2, -0.15) is 10.2 Å². The standard InChI is InChI=1S/C23H23N7O/c31-22-6-5-21(18-7-9-24-10-8-18)27-30(22)16-13-28-11-14-29(15-12-28)23-20-4-2-1-3-19(20)17-25-26-23/h1-10,17H,11-16H2. The third-order valence-corrected chi connectivity index (χ3v) is 5.69. The first-order valence-electron chi connectivity index (χ1n) is 10.4. The van der Waals surface area contributed by atoms with Gasteiger partial charge in [-0.05, 0) is 18.2 Å². The van der Waals surface area contributed by atoms with Crippen molar-refractivity contribution in [1.29, 1.82) is 0 Å². The molecule has 0 saturated carbocycles. The quantitative estimate of drug-likeness (QED) is 0.495. The number of fused-ring (bicyclic) bond motifs is 1. The largest absolute Gasteiger partial charge is 0.352 e. The number of piperazine rings is 1. The summed E-state index contributed by atoms with van der Waals surface area (Å²) in [5.41, 5.74) is 1.65. The first kappa shape index (κ1) is 19.3. The highest BCUT2D eigenvalue weighted by molar-refractivity contribution is 5.91. The summed E-state index contributed by atoms with van der Waals surface area (Å²) in [4.78, 5) is 21.0. The van der Waals surface area contributed by atoms with Crippen LogP contribution in [0.1, 0.15) is 0 Å². The van der Waals surface area contributed by atoms with Crippen LogP contribution in [0.15, 0.2) is 71.9 Å². The lowest BCUT2D eigenvalue weighted by atomic mass is 10.1. The number of rotatable bonds is 5. The summed E-state index contributed by atoms with van der Waals surface area (Å²) < 4.78 is 1.55. The number of nitrogens with zero attached hydrogens (tertiary/aromatic N) is 7. The van der Waals surface area contributed by atoms with Crippen LogP contribution < -0.4 is 10.5 Å². The minimum Gasteiger partial charge on any atom is -0.352 e. The van der Waals surface area contributed by atoms with E-state index >= 15 is 0 Å². The van der Waals surface area contributed by atoms with E-state index in [0.29, 0.717) is 6.54 Å². The molecular weight excluding hydrogens is 390 g/mol. The van der Waals surface area contributed by atoms with Crippen LogP contribution in [0.4, 0.5) is 5.82 Å². The number of benzene rings is 1. The molecule has 0 bridgehead atoms. The third kappa shape index (κ3) is 4.15. The summed E-state index contributed by atoms with van der Waals surface area (Å²) in [5, 5.41) is 15.4. The fourth-order valence-electron chi connectivity index (χ4n) is 3.95. The highest BCUT2D eigenvalue weighted by atomic mass is 16.1. The molecular formula is C23H23N7O. The zero-order valence-electron chi connectivity index (χ0n) is 17.1. The second-order valence-electron chi connectivity index (χ2n) is 7.60. The average Bonchev–Trinajstić information content (AvgIpc) is 2.84. The van der Waals surface area contributed by atoms with Crippen molar-refractivity contribution in [2.75, 3.05) is 37.6 Å². The molecule has 3 aromatic heterocycles. The summed E-state index contributed by atoms with van der Waals surface area (Å²) >= 11 is 0. The van der Waals surface area contributed by atoms with Crippen molar-refractivity contribution in [2.24, 2.45) is 0 Å². The molecule has 0 amide bonds. The molecule has 31 heavy (non-hydrogen) atoms. The smallest absolute Gasteiger partial charge is 0.266 e. The molecule has 1 aromatic carbocycles. The lowest BCUT2D eigenvalue weighted by molar-refractivity contribution is 0.242. The van der Waals surface area contributed by atoms with E-state index in [1.807, 2.05) is 24.3 Å². The molecule has 1 saturated heterocycles. The molecule has 1 fully saturated rings. The molecule has 8 nitrogen and oxygen atoms in total. The third-order valence-electron chi connectivity index (χ3n) is 5.69. The first-order valence-corrected chi connectivity index (χ1v) is 10.4. The summed E-state index contributed by atoms with van der Waals surface area (Å²) in [6.07, 6.45) is 5.26. The van der Waals surface area contributed by atoms with Gasteiger partial charge in [-0.1, -0.05) is 24.3 Å². The van der Waals surface area contributed by atoms with E-state index < -0.39 is 0 Å². The van der Waals surface area contributed by atoms with Crippen molar-refractivity contribution in [3.05, 3.63) is 77.5 Å². The molecule has 0 N–H and O–H groups in total. The second kappa shape index (κ2) is 8.61. The molecule has 1 aliphatic rings. The summed E-state index contributed by atoms with van der Waals surface area (Å²) in [6.45, 7) is 4.91. The van der Waals surface area contributed by atoms with E-state index in [4.69, 9.17) is 0 Å². The topological polar surface area (TPSA) is 80.0 Å². The van der Waals surface area contributed by atoms with Crippen molar-refractivity contribution < 1.29 is 0 Å². The van der Waals surface area contributed by atoms with Gasteiger partial charge in [0, 0.05) is 67.5 Å². The van der Waals surface area contributed by atoms with Crippen LogP contribution in [0.2, 0.25) is 0 Å². The van der Waals surface area contributed by atoms with Gasteiger partial charge in [0.25, 0.3) is 5.56 Å². The summed E-state index contributed by atoms with van der Waals surface area (Å²) in [6, 6.07) is 15.4. The monoisotopic (exact) mass is 413 g/mol. The minimum absolute atomic E-state index is 0.0810. The molecule has 0 spiro atoms. The Labute approximate surface area is 179 Å². The van der Waals surface area contributed by atoms with Crippen LogP contribution in [-0.4, -0.2) is 62.6 Å². The number of hydrogen-bond donors (Lipinski definition) is 0. The normalized spacial score (nSPS) is 14.8. The number of hydrogen-bond acceptors (Lipinski definition) is 7. The Morgan fingerprint density at radius 2 is 1.68 bits per heavy atom. The Balaban J connectivity index is 1.23. The van der Waals surface area contributed by atoms with Crippen molar-refractivity contribution in [3.63, 3.8) is 0 Å².